The summed E-state index contributed by atoms with van der Waals surface area (Å²) < 4.78 is 33.5. The summed E-state index contributed by atoms with van der Waals surface area (Å²) in [5.41, 5.74) is -3.63. The van der Waals surface area contributed by atoms with Gasteiger partial charge >= 0.3 is 0 Å². The molecule has 0 aromatic carbocycles. The number of ketones is 1. The van der Waals surface area contributed by atoms with Crippen LogP contribution in [0.5, 0.6) is 0 Å². The van der Waals surface area contributed by atoms with Crippen LogP contribution in [-0.4, -0.2) is 24.2 Å². The highest BCUT2D eigenvalue weighted by Crippen LogP contribution is 2.31. The predicted molar refractivity (Wildman–Crippen MR) is 68.9 cm³/mol. The molecule has 0 aliphatic rings. The van der Waals surface area contributed by atoms with Crippen molar-refractivity contribution in [1.29, 1.82) is 0 Å². The minimum absolute atomic E-state index is 0.0767. The second-order valence-corrected chi connectivity index (χ2v) is 4.42. The van der Waals surface area contributed by atoms with Crippen LogP contribution in [0, 0.1) is 0 Å². The summed E-state index contributed by atoms with van der Waals surface area (Å²) in [4.78, 5) is 11.9. The van der Waals surface area contributed by atoms with Gasteiger partial charge in [-0.15, -0.1) is 0 Å². The standard InChI is InChI=1S/C14H24F2O2/c1-6-13(15,7-2)11(17)10-12(18-5)14(16,8-3)9-4/h10H,6-9H2,1-5H3/b12-10-. The second kappa shape index (κ2) is 6.86. The minimum Gasteiger partial charge on any atom is -0.498 e. The first-order valence-corrected chi connectivity index (χ1v) is 6.51. The summed E-state index contributed by atoms with van der Waals surface area (Å²) in [5.74, 6) is -0.797. The SMILES string of the molecule is CCC(F)(CC)C(=O)/C=C(\OC)C(F)(CC)CC. The monoisotopic (exact) mass is 262 g/mol. The summed E-state index contributed by atoms with van der Waals surface area (Å²) in [7, 11) is 1.30. The number of ether oxygens (including phenoxy) is 1. The fourth-order valence-corrected chi connectivity index (χ4v) is 1.82. The molecule has 2 nitrogen and oxygen atoms in total. The summed E-state index contributed by atoms with van der Waals surface area (Å²) in [6, 6.07) is 0. The molecular formula is C14H24F2O2. The number of hydrogen-bond acceptors (Lipinski definition) is 2. The number of halogens is 2. The Hall–Kier alpha value is -0.930. The van der Waals surface area contributed by atoms with Gasteiger partial charge in [0.05, 0.1) is 7.11 Å². The van der Waals surface area contributed by atoms with Crippen LogP contribution in [0.1, 0.15) is 53.4 Å². The van der Waals surface area contributed by atoms with E-state index in [1.165, 1.54) is 7.11 Å². The Kier molecular flexibility index (Phi) is 6.50. The fraction of sp³-hybridized carbons (Fsp3) is 0.786. The average Bonchev–Trinajstić information content (AvgIpc) is 2.42. The molecule has 106 valence electrons. The van der Waals surface area contributed by atoms with E-state index in [9.17, 15) is 13.6 Å². The zero-order chi connectivity index (χ0) is 14.4. The Bertz CT molecular complexity index is 303. The number of methoxy groups -OCH3 is 1. The van der Waals surface area contributed by atoms with Crippen LogP contribution >= 0.6 is 0 Å². The Morgan fingerprint density at radius 1 is 1.00 bits per heavy atom. The van der Waals surface area contributed by atoms with Crippen molar-refractivity contribution in [3.8, 4) is 0 Å². The van der Waals surface area contributed by atoms with Crippen molar-refractivity contribution in [2.75, 3.05) is 7.11 Å². The molecule has 18 heavy (non-hydrogen) atoms. The van der Waals surface area contributed by atoms with Crippen molar-refractivity contribution in [3.05, 3.63) is 11.8 Å². The number of alkyl halides is 2. The zero-order valence-electron chi connectivity index (χ0n) is 12.0. The summed E-state index contributed by atoms with van der Waals surface area (Å²) in [6.45, 7) is 6.54. The molecule has 0 spiro atoms. The molecular weight excluding hydrogens is 238 g/mol. The molecule has 0 rings (SSSR count). The highest BCUT2D eigenvalue weighted by molar-refractivity contribution is 5.97. The number of rotatable bonds is 8. The molecule has 0 aromatic rings. The highest BCUT2D eigenvalue weighted by atomic mass is 19.1. The quantitative estimate of drug-likeness (QED) is 0.485. The van der Waals surface area contributed by atoms with Gasteiger partial charge in [-0.2, -0.15) is 0 Å². The second-order valence-electron chi connectivity index (χ2n) is 4.42. The van der Waals surface area contributed by atoms with Crippen LogP contribution in [0.3, 0.4) is 0 Å². The van der Waals surface area contributed by atoms with Crippen molar-refractivity contribution in [3.63, 3.8) is 0 Å². The number of carbonyl (C=O) groups excluding carboxylic acids is 1. The van der Waals surface area contributed by atoms with E-state index in [4.69, 9.17) is 4.74 Å². The Balaban J connectivity index is 5.31. The smallest absolute Gasteiger partial charge is 0.196 e. The van der Waals surface area contributed by atoms with Crippen molar-refractivity contribution in [1.82, 2.24) is 0 Å². The maximum atomic E-state index is 14.4. The van der Waals surface area contributed by atoms with Crippen LogP contribution in [-0.2, 0) is 9.53 Å². The third kappa shape index (κ3) is 3.53. The van der Waals surface area contributed by atoms with Gasteiger partial charge in [-0.3, -0.25) is 4.79 Å². The molecule has 0 bridgehead atoms. The molecule has 0 unspecified atom stereocenters. The molecule has 0 heterocycles. The lowest BCUT2D eigenvalue weighted by molar-refractivity contribution is -0.126. The van der Waals surface area contributed by atoms with Crippen molar-refractivity contribution >= 4 is 5.78 Å². The molecule has 0 aromatic heterocycles. The van der Waals surface area contributed by atoms with Crippen LogP contribution in [0.2, 0.25) is 0 Å². The fourth-order valence-electron chi connectivity index (χ4n) is 1.82. The largest absolute Gasteiger partial charge is 0.498 e. The molecule has 0 aliphatic heterocycles. The van der Waals surface area contributed by atoms with E-state index in [1.54, 1.807) is 27.7 Å². The normalized spacial score (nSPS) is 13.6. The van der Waals surface area contributed by atoms with Gasteiger partial charge in [0.25, 0.3) is 0 Å². The maximum absolute atomic E-state index is 14.4. The lowest BCUT2D eigenvalue weighted by atomic mass is 9.90. The van der Waals surface area contributed by atoms with Crippen molar-refractivity contribution < 1.29 is 18.3 Å². The van der Waals surface area contributed by atoms with E-state index in [0.717, 1.165) is 6.08 Å². The van der Waals surface area contributed by atoms with E-state index < -0.39 is 17.1 Å². The Labute approximate surface area is 108 Å². The van der Waals surface area contributed by atoms with Crippen LogP contribution < -0.4 is 0 Å². The van der Waals surface area contributed by atoms with E-state index in [0.29, 0.717) is 0 Å². The van der Waals surface area contributed by atoms with Gasteiger partial charge in [0, 0.05) is 6.08 Å². The summed E-state index contributed by atoms with van der Waals surface area (Å²) >= 11 is 0. The van der Waals surface area contributed by atoms with Gasteiger partial charge in [0.1, 0.15) is 5.76 Å². The third-order valence-electron chi connectivity index (χ3n) is 3.61. The minimum atomic E-state index is -1.92. The van der Waals surface area contributed by atoms with E-state index in [1.807, 2.05) is 0 Å². The first-order chi connectivity index (χ1) is 8.33. The van der Waals surface area contributed by atoms with Gasteiger partial charge in [-0.05, 0) is 25.7 Å². The van der Waals surface area contributed by atoms with Crippen molar-refractivity contribution in [2.45, 2.75) is 64.7 Å². The number of hydrogen-bond donors (Lipinski definition) is 0. The molecule has 0 radical (unpaired) electrons. The van der Waals surface area contributed by atoms with Gasteiger partial charge in [0.2, 0.25) is 0 Å². The summed E-state index contributed by atoms with van der Waals surface area (Å²) in [5, 5.41) is 0. The average molecular weight is 262 g/mol. The Morgan fingerprint density at radius 3 is 1.67 bits per heavy atom. The molecule has 0 saturated heterocycles. The molecule has 0 atom stereocenters. The maximum Gasteiger partial charge on any atom is 0.196 e. The van der Waals surface area contributed by atoms with Gasteiger partial charge in [-0.25, -0.2) is 8.78 Å². The molecule has 0 N–H and O–H groups in total. The number of allylic oxidation sites excluding steroid dienone is 2. The lowest BCUT2D eigenvalue weighted by Crippen LogP contribution is -2.33. The van der Waals surface area contributed by atoms with Gasteiger partial charge in [-0.1, -0.05) is 27.7 Å². The van der Waals surface area contributed by atoms with Crippen molar-refractivity contribution in [2.24, 2.45) is 0 Å². The first kappa shape index (κ1) is 17.1. The van der Waals surface area contributed by atoms with Gasteiger partial charge in [0.15, 0.2) is 17.1 Å². The molecule has 0 fully saturated rings. The van der Waals surface area contributed by atoms with E-state index >= 15 is 0 Å². The first-order valence-electron chi connectivity index (χ1n) is 6.51. The van der Waals surface area contributed by atoms with E-state index in [-0.39, 0.29) is 31.4 Å². The zero-order valence-corrected chi connectivity index (χ0v) is 12.0. The lowest BCUT2D eigenvalue weighted by Gasteiger charge is -2.25. The molecule has 0 aliphatic carbocycles. The van der Waals surface area contributed by atoms with Crippen LogP contribution in [0.4, 0.5) is 8.78 Å². The summed E-state index contributed by atoms with van der Waals surface area (Å²) in [6.07, 6.45) is 1.52. The molecule has 4 heteroatoms. The predicted octanol–water partition coefficient (Wildman–Crippen LogP) is 4.14. The highest BCUT2D eigenvalue weighted by Gasteiger charge is 2.37. The van der Waals surface area contributed by atoms with Gasteiger partial charge < -0.3 is 4.74 Å². The number of carbonyl (C=O) groups is 1. The Morgan fingerprint density at radius 2 is 1.39 bits per heavy atom. The topological polar surface area (TPSA) is 26.3 Å². The van der Waals surface area contributed by atoms with Crippen LogP contribution in [0.15, 0.2) is 11.8 Å². The molecule has 0 saturated carbocycles. The van der Waals surface area contributed by atoms with E-state index in [2.05, 4.69) is 0 Å². The van der Waals surface area contributed by atoms with Crippen LogP contribution in [0.25, 0.3) is 0 Å². The molecule has 0 amide bonds. The third-order valence-corrected chi connectivity index (χ3v) is 3.61.